The summed E-state index contributed by atoms with van der Waals surface area (Å²) >= 11 is 0. The van der Waals surface area contributed by atoms with E-state index in [0.29, 0.717) is 30.2 Å². The van der Waals surface area contributed by atoms with Gasteiger partial charge in [-0.3, -0.25) is 0 Å². The molecular weight excluding hydrogens is 475 g/mol. The van der Waals surface area contributed by atoms with Crippen molar-refractivity contribution in [3.05, 3.63) is 83.7 Å². The number of allylic oxidation sites excluding steroid dienone is 3. The molecule has 1 N–H and O–H groups in total. The molecular formula is C33H47FN2O2. The molecule has 0 fully saturated rings. The first-order valence-corrected chi connectivity index (χ1v) is 14.5. The van der Waals surface area contributed by atoms with E-state index in [-0.39, 0.29) is 17.8 Å². The molecule has 0 radical (unpaired) electrons. The second-order valence-corrected chi connectivity index (χ2v) is 11.1. The van der Waals surface area contributed by atoms with Crippen LogP contribution in [0, 0.1) is 17.7 Å². The molecule has 4 unspecified atom stereocenters. The molecule has 5 heteroatoms. The number of H-pyrrole nitrogens is 1. The van der Waals surface area contributed by atoms with Crippen LogP contribution in [0.3, 0.4) is 0 Å². The average molecular weight is 523 g/mol. The Kier molecular flexibility index (Phi) is 11.2. The molecule has 3 rings (SSSR count). The van der Waals surface area contributed by atoms with Gasteiger partial charge in [-0.05, 0) is 75.6 Å². The van der Waals surface area contributed by atoms with E-state index in [1.807, 2.05) is 32.1 Å². The molecule has 2 heterocycles. The highest BCUT2D eigenvalue weighted by Gasteiger charge is 2.47. The van der Waals surface area contributed by atoms with Crippen LogP contribution in [0.5, 0.6) is 0 Å². The molecule has 0 saturated carbocycles. The van der Waals surface area contributed by atoms with Crippen LogP contribution in [0.15, 0.2) is 66.0 Å². The number of ether oxygens (including phenoxy) is 1. The van der Waals surface area contributed by atoms with Gasteiger partial charge in [0.05, 0.1) is 18.1 Å². The Balaban J connectivity index is 1.78. The molecule has 1 aromatic carbocycles. The number of hydrogen-bond acceptors (Lipinski definition) is 3. The number of nitrogens with zero attached hydrogens (tertiary/aromatic N) is 1. The quantitative estimate of drug-likeness (QED) is 0.187. The van der Waals surface area contributed by atoms with Crippen molar-refractivity contribution in [3.8, 4) is 0 Å². The van der Waals surface area contributed by atoms with Crippen LogP contribution < -0.4 is 0 Å². The highest BCUT2D eigenvalue weighted by Crippen LogP contribution is 2.45. The van der Waals surface area contributed by atoms with Crippen molar-refractivity contribution >= 4 is 5.71 Å². The van der Waals surface area contributed by atoms with Crippen LogP contribution in [0.1, 0.15) is 109 Å². The second-order valence-electron chi connectivity index (χ2n) is 11.1. The van der Waals surface area contributed by atoms with Crippen LogP contribution in [-0.2, 0) is 15.2 Å². The fraction of sp³-hybridized carbons (Fsp3) is 0.545. The molecule has 0 spiro atoms. The zero-order chi connectivity index (χ0) is 27.5. The number of aromatic amines is 1. The van der Waals surface area contributed by atoms with Gasteiger partial charge in [0.2, 0.25) is 0 Å². The summed E-state index contributed by atoms with van der Waals surface area (Å²) < 4.78 is 20.7. The molecule has 2 aromatic rings. The summed E-state index contributed by atoms with van der Waals surface area (Å²) in [6.45, 7) is 12.8. The van der Waals surface area contributed by atoms with Crippen LogP contribution in [0.4, 0.5) is 4.39 Å². The van der Waals surface area contributed by atoms with Gasteiger partial charge in [0.25, 0.3) is 0 Å². The lowest BCUT2D eigenvalue weighted by Gasteiger charge is -2.33. The molecule has 0 aliphatic carbocycles. The predicted molar refractivity (Wildman–Crippen MR) is 156 cm³/mol. The number of halogens is 1. The van der Waals surface area contributed by atoms with Crippen molar-refractivity contribution in [2.75, 3.05) is 0 Å². The van der Waals surface area contributed by atoms with Gasteiger partial charge in [0.1, 0.15) is 11.5 Å². The first-order chi connectivity index (χ1) is 18.3. The minimum atomic E-state index is -0.877. The topological polar surface area (TPSA) is 46.6 Å². The van der Waals surface area contributed by atoms with Crippen molar-refractivity contribution in [1.82, 2.24) is 4.98 Å². The van der Waals surface area contributed by atoms with Crippen LogP contribution >= 0.6 is 0 Å². The molecule has 0 bridgehead atoms. The Labute approximate surface area is 229 Å². The minimum absolute atomic E-state index is 0.0211. The maximum absolute atomic E-state index is 15.1. The van der Waals surface area contributed by atoms with E-state index in [4.69, 9.17) is 9.57 Å². The van der Waals surface area contributed by atoms with Crippen molar-refractivity contribution in [2.45, 2.75) is 104 Å². The molecule has 4 nitrogen and oxygen atoms in total. The number of benzene rings is 1. The Morgan fingerprint density at radius 3 is 2.58 bits per heavy atom. The lowest BCUT2D eigenvalue weighted by molar-refractivity contribution is -0.0663. The highest BCUT2D eigenvalue weighted by atomic mass is 19.1. The van der Waals surface area contributed by atoms with Crippen LogP contribution in [-0.4, -0.2) is 16.8 Å². The maximum atomic E-state index is 15.1. The average Bonchev–Trinajstić information content (AvgIpc) is 3.57. The number of rotatable bonds is 15. The van der Waals surface area contributed by atoms with Crippen molar-refractivity contribution in [3.63, 3.8) is 0 Å². The maximum Gasteiger partial charge on any atom is 0.174 e. The second kappa shape index (κ2) is 14.4. The third kappa shape index (κ3) is 7.61. The predicted octanol–water partition coefficient (Wildman–Crippen LogP) is 9.40. The highest BCUT2D eigenvalue weighted by molar-refractivity contribution is 6.00. The Hall–Kier alpha value is -2.82. The summed E-state index contributed by atoms with van der Waals surface area (Å²) in [6, 6.07) is 11.2. The Bertz CT molecular complexity index is 1090. The van der Waals surface area contributed by atoms with Gasteiger partial charge in [-0.1, -0.05) is 76.0 Å². The summed E-state index contributed by atoms with van der Waals surface area (Å²) in [6.07, 6.45) is 15.3. The van der Waals surface area contributed by atoms with Gasteiger partial charge in [0.15, 0.2) is 5.60 Å². The van der Waals surface area contributed by atoms with Crippen molar-refractivity contribution < 1.29 is 14.0 Å². The van der Waals surface area contributed by atoms with Gasteiger partial charge in [-0.15, -0.1) is 0 Å². The van der Waals surface area contributed by atoms with Crippen LogP contribution in [0.25, 0.3) is 0 Å². The Morgan fingerprint density at radius 1 is 1.08 bits per heavy atom. The summed E-state index contributed by atoms with van der Waals surface area (Å²) in [5.41, 5.74) is 2.71. The van der Waals surface area contributed by atoms with Gasteiger partial charge >= 0.3 is 0 Å². The molecule has 1 aliphatic rings. The van der Waals surface area contributed by atoms with E-state index >= 15 is 4.39 Å². The lowest BCUT2D eigenvalue weighted by atomic mass is 9.77. The first-order valence-electron chi connectivity index (χ1n) is 14.5. The van der Waals surface area contributed by atoms with Gasteiger partial charge in [0, 0.05) is 23.6 Å². The minimum Gasteiger partial charge on any atom is -0.499 e. The van der Waals surface area contributed by atoms with Crippen molar-refractivity contribution in [2.24, 2.45) is 17.0 Å². The summed E-state index contributed by atoms with van der Waals surface area (Å²) in [7, 11) is 0. The van der Waals surface area contributed by atoms with Crippen LogP contribution in [0.2, 0.25) is 0 Å². The van der Waals surface area contributed by atoms with E-state index in [0.717, 1.165) is 37.1 Å². The number of nitrogens with one attached hydrogen (secondary N) is 1. The summed E-state index contributed by atoms with van der Waals surface area (Å²) in [4.78, 5) is 9.83. The fourth-order valence-electron chi connectivity index (χ4n) is 5.12. The SMILES string of the molecule is CCCC(CCC=CC(C)CC)c1ccc(C2=NOC(c3ccccc3F)(C(C)CC=COC(C)C)C2)[nH]1. The van der Waals surface area contributed by atoms with Gasteiger partial charge in [-0.25, -0.2) is 4.39 Å². The zero-order valence-electron chi connectivity index (χ0n) is 24.2. The molecule has 1 aliphatic heterocycles. The van der Waals surface area contributed by atoms with Crippen molar-refractivity contribution in [1.29, 1.82) is 0 Å². The molecule has 4 atom stereocenters. The summed E-state index contributed by atoms with van der Waals surface area (Å²) in [5.74, 6) is 0.818. The molecule has 38 heavy (non-hydrogen) atoms. The van der Waals surface area contributed by atoms with E-state index in [2.05, 4.69) is 62.1 Å². The monoisotopic (exact) mass is 522 g/mol. The van der Waals surface area contributed by atoms with E-state index in [1.165, 1.54) is 18.2 Å². The summed E-state index contributed by atoms with van der Waals surface area (Å²) in [5, 5.41) is 4.53. The molecule has 0 amide bonds. The van der Waals surface area contributed by atoms with E-state index in [9.17, 15) is 0 Å². The van der Waals surface area contributed by atoms with E-state index in [1.54, 1.807) is 12.3 Å². The number of oxime groups is 1. The van der Waals surface area contributed by atoms with Gasteiger partial charge in [-0.2, -0.15) is 0 Å². The zero-order valence-corrected chi connectivity index (χ0v) is 24.2. The number of aromatic nitrogens is 1. The lowest BCUT2D eigenvalue weighted by Crippen LogP contribution is -2.35. The largest absolute Gasteiger partial charge is 0.499 e. The normalized spacial score (nSPS) is 20.2. The molecule has 208 valence electrons. The van der Waals surface area contributed by atoms with E-state index < -0.39 is 5.60 Å². The first kappa shape index (κ1) is 29.7. The Morgan fingerprint density at radius 2 is 1.87 bits per heavy atom. The molecule has 1 aromatic heterocycles. The smallest absolute Gasteiger partial charge is 0.174 e. The standard InChI is InChI=1S/C33H47FN2O2/c1-7-14-27(17-10-9-15-25(5)8-2)30-20-21-31(35-30)32-23-33(38-36-32,28-18-11-12-19-29(28)34)26(6)16-13-22-37-24(3)4/h9,11-13,15,18-22,24-27,35H,7-8,10,14,16-17,23H2,1-6H3. The fourth-order valence-corrected chi connectivity index (χ4v) is 5.12. The van der Waals surface area contributed by atoms with Gasteiger partial charge < -0.3 is 14.6 Å². The molecule has 0 saturated heterocycles. The third-order valence-corrected chi connectivity index (χ3v) is 7.70. The third-order valence-electron chi connectivity index (χ3n) is 7.70. The number of hydrogen-bond donors (Lipinski definition) is 1.